The van der Waals surface area contributed by atoms with Crippen LogP contribution < -0.4 is 4.90 Å². The van der Waals surface area contributed by atoms with Crippen molar-refractivity contribution in [3.8, 4) is 21.7 Å². The summed E-state index contributed by atoms with van der Waals surface area (Å²) in [5.41, 5.74) is 1.27. The quantitative estimate of drug-likeness (QED) is 0.711. The molecule has 0 unspecified atom stereocenters. The molecule has 0 amide bonds. The molecule has 2 aromatic heterocycles. The summed E-state index contributed by atoms with van der Waals surface area (Å²) >= 11 is 1.32. The van der Waals surface area contributed by atoms with Crippen LogP contribution in [0.3, 0.4) is 0 Å². The van der Waals surface area contributed by atoms with E-state index in [1.165, 1.54) is 55.8 Å². The molecular weight excluding hydrogens is 368 g/mol. The van der Waals surface area contributed by atoms with Crippen LogP contribution in [0.1, 0.15) is 32.1 Å². The number of halogens is 2. The molecule has 1 aromatic carbocycles. The molecule has 3 heterocycles. The van der Waals surface area contributed by atoms with Gasteiger partial charge in [-0.3, -0.25) is 5.10 Å². The summed E-state index contributed by atoms with van der Waals surface area (Å²) in [5.74, 6) is -1.79. The highest BCUT2D eigenvalue weighted by atomic mass is 32.1. The number of hydrogen-bond donors (Lipinski definition) is 1. The fourth-order valence-corrected chi connectivity index (χ4v) is 5.17. The standard InChI is InChI=1S/C19H19F2N5S/c20-15-13(12-8-22-23-9-12)4-5-14(16(15)21)17-24-25-18(27-17)26-10-19(11-26)6-2-1-3-7-19/h4-5,8-9H,1-3,6-7,10-11H2,(H,22,23). The van der Waals surface area contributed by atoms with Crippen molar-refractivity contribution in [2.24, 2.45) is 5.41 Å². The smallest absolute Gasteiger partial charge is 0.208 e. The average molecular weight is 387 g/mol. The fraction of sp³-hybridized carbons (Fsp3) is 0.421. The molecule has 2 fully saturated rings. The van der Waals surface area contributed by atoms with E-state index in [2.05, 4.69) is 25.3 Å². The summed E-state index contributed by atoms with van der Waals surface area (Å²) in [6.45, 7) is 2.00. The zero-order chi connectivity index (χ0) is 18.4. The first-order valence-electron chi connectivity index (χ1n) is 9.21. The zero-order valence-electron chi connectivity index (χ0n) is 14.7. The van der Waals surface area contributed by atoms with E-state index < -0.39 is 11.6 Å². The topological polar surface area (TPSA) is 57.7 Å². The Morgan fingerprint density at radius 2 is 1.74 bits per heavy atom. The number of nitrogens with one attached hydrogen (secondary N) is 1. The van der Waals surface area contributed by atoms with Crippen molar-refractivity contribution in [1.29, 1.82) is 0 Å². The second-order valence-electron chi connectivity index (χ2n) is 7.58. The van der Waals surface area contributed by atoms with Gasteiger partial charge in [-0.2, -0.15) is 5.10 Å². The SMILES string of the molecule is Fc1c(-c2cn[nH]c2)ccc(-c2nnc(N3CC4(CCCCC4)C3)s2)c1F. The summed E-state index contributed by atoms with van der Waals surface area (Å²) in [7, 11) is 0. The Balaban J connectivity index is 1.38. The lowest BCUT2D eigenvalue weighted by molar-refractivity contribution is 0.139. The third-order valence-corrected chi connectivity index (χ3v) is 6.79. The Hall–Kier alpha value is -2.35. The average Bonchev–Trinajstić information content (AvgIpc) is 3.34. The molecule has 1 N–H and O–H groups in total. The van der Waals surface area contributed by atoms with E-state index in [9.17, 15) is 8.78 Å². The van der Waals surface area contributed by atoms with E-state index in [1.807, 2.05) is 0 Å². The van der Waals surface area contributed by atoms with Gasteiger partial charge in [0.1, 0.15) is 0 Å². The van der Waals surface area contributed by atoms with Gasteiger partial charge in [-0.25, -0.2) is 8.78 Å². The largest absolute Gasteiger partial charge is 0.345 e. The van der Waals surface area contributed by atoms with Gasteiger partial charge >= 0.3 is 0 Å². The Bertz CT molecular complexity index is 955. The van der Waals surface area contributed by atoms with Gasteiger partial charge in [-0.15, -0.1) is 10.2 Å². The lowest BCUT2D eigenvalue weighted by Gasteiger charge is -2.52. The molecule has 1 saturated carbocycles. The van der Waals surface area contributed by atoms with Crippen LogP contribution in [0.5, 0.6) is 0 Å². The minimum atomic E-state index is -0.899. The summed E-state index contributed by atoms with van der Waals surface area (Å²) in [4.78, 5) is 2.21. The maximum absolute atomic E-state index is 14.7. The molecule has 5 nitrogen and oxygen atoms in total. The Morgan fingerprint density at radius 3 is 2.48 bits per heavy atom. The van der Waals surface area contributed by atoms with E-state index in [4.69, 9.17) is 0 Å². The van der Waals surface area contributed by atoms with E-state index >= 15 is 0 Å². The van der Waals surface area contributed by atoms with Gasteiger partial charge in [0.15, 0.2) is 16.6 Å². The van der Waals surface area contributed by atoms with Gasteiger partial charge in [-0.05, 0) is 18.9 Å². The first-order valence-corrected chi connectivity index (χ1v) is 10.0. The molecule has 140 valence electrons. The van der Waals surface area contributed by atoms with E-state index in [0.717, 1.165) is 18.2 Å². The number of hydrogen-bond acceptors (Lipinski definition) is 5. The van der Waals surface area contributed by atoms with Gasteiger partial charge in [0.25, 0.3) is 0 Å². The number of nitrogens with zero attached hydrogens (tertiary/aromatic N) is 4. The molecule has 3 aromatic rings. The molecule has 1 aliphatic heterocycles. The highest BCUT2D eigenvalue weighted by molar-refractivity contribution is 7.18. The molecule has 1 saturated heterocycles. The summed E-state index contributed by atoms with van der Waals surface area (Å²) in [6.07, 6.45) is 9.52. The van der Waals surface area contributed by atoms with Crippen LogP contribution in [0.15, 0.2) is 24.5 Å². The maximum Gasteiger partial charge on any atom is 0.208 e. The second-order valence-corrected chi connectivity index (χ2v) is 8.54. The minimum absolute atomic E-state index is 0.149. The maximum atomic E-state index is 14.7. The predicted octanol–water partition coefficient (Wildman–Crippen LogP) is 4.64. The molecule has 1 spiro atoms. The van der Waals surface area contributed by atoms with E-state index in [-0.39, 0.29) is 11.1 Å². The van der Waals surface area contributed by atoms with Crippen LogP contribution in [0.25, 0.3) is 21.7 Å². The van der Waals surface area contributed by atoms with Crippen molar-refractivity contribution < 1.29 is 8.78 Å². The highest BCUT2D eigenvalue weighted by Crippen LogP contribution is 2.46. The number of aromatic nitrogens is 4. The van der Waals surface area contributed by atoms with E-state index in [0.29, 0.717) is 16.0 Å². The molecule has 27 heavy (non-hydrogen) atoms. The second kappa shape index (κ2) is 6.37. The van der Waals surface area contributed by atoms with Crippen molar-refractivity contribution >= 4 is 16.5 Å². The normalized spacial score (nSPS) is 18.7. The summed E-state index contributed by atoms with van der Waals surface area (Å²) in [5, 5.41) is 15.9. The first-order chi connectivity index (χ1) is 13.2. The Morgan fingerprint density at radius 1 is 1.00 bits per heavy atom. The molecular formula is C19H19F2N5S. The molecule has 5 rings (SSSR count). The molecule has 2 aliphatic rings. The molecule has 1 aliphatic carbocycles. The summed E-state index contributed by atoms with van der Waals surface area (Å²) in [6, 6.07) is 3.12. The molecule has 0 atom stereocenters. The number of anilines is 1. The highest BCUT2D eigenvalue weighted by Gasteiger charge is 2.44. The molecule has 0 bridgehead atoms. The summed E-state index contributed by atoms with van der Waals surface area (Å²) < 4.78 is 29.2. The van der Waals surface area contributed by atoms with Crippen molar-refractivity contribution in [2.75, 3.05) is 18.0 Å². The third kappa shape index (κ3) is 2.82. The first kappa shape index (κ1) is 16.8. The van der Waals surface area contributed by atoms with Gasteiger partial charge < -0.3 is 4.90 Å². The number of H-pyrrole nitrogens is 1. The van der Waals surface area contributed by atoms with Gasteiger partial charge in [0, 0.05) is 35.8 Å². The predicted molar refractivity (Wildman–Crippen MR) is 101 cm³/mol. The Kier molecular flexibility index (Phi) is 3.96. The van der Waals surface area contributed by atoms with E-state index in [1.54, 1.807) is 12.1 Å². The van der Waals surface area contributed by atoms with Crippen molar-refractivity contribution in [3.05, 3.63) is 36.2 Å². The third-order valence-electron chi connectivity index (χ3n) is 5.77. The lowest BCUT2D eigenvalue weighted by Crippen LogP contribution is -2.57. The van der Waals surface area contributed by atoms with Crippen molar-refractivity contribution in [3.63, 3.8) is 0 Å². The van der Waals surface area contributed by atoms with Gasteiger partial charge in [-0.1, -0.05) is 36.7 Å². The van der Waals surface area contributed by atoms with Crippen LogP contribution >= 0.6 is 11.3 Å². The number of benzene rings is 1. The lowest BCUT2D eigenvalue weighted by atomic mass is 9.69. The van der Waals surface area contributed by atoms with Crippen molar-refractivity contribution in [1.82, 2.24) is 20.4 Å². The van der Waals surface area contributed by atoms with Crippen LogP contribution in [0, 0.1) is 17.0 Å². The fourth-order valence-electron chi connectivity index (χ4n) is 4.30. The number of rotatable bonds is 3. The zero-order valence-corrected chi connectivity index (χ0v) is 15.5. The molecule has 8 heteroatoms. The van der Waals surface area contributed by atoms with Crippen molar-refractivity contribution in [2.45, 2.75) is 32.1 Å². The Labute approximate surface area is 159 Å². The monoisotopic (exact) mass is 387 g/mol. The number of aromatic amines is 1. The van der Waals surface area contributed by atoms with Gasteiger partial charge in [0.05, 0.1) is 11.8 Å². The van der Waals surface area contributed by atoms with Crippen LogP contribution in [-0.4, -0.2) is 33.5 Å². The van der Waals surface area contributed by atoms with Crippen LogP contribution in [0.2, 0.25) is 0 Å². The molecule has 0 radical (unpaired) electrons. The van der Waals surface area contributed by atoms with Crippen LogP contribution in [0.4, 0.5) is 13.9 Å². The van der Waals surface area contributed by atoms with Gasteiger partial charge in [0.2, 0.25) is 5.13 Å². The van der Waals surface area contributed by atoms with Crippen LogP contribution in [-0.2, 0) is 0 Å². The minimum Gasteiger partial charge on any atom is -0.345 e.